The van der Waals surface area contributed by atoms with Crippen molar-refractivity contribution < 1.29 is 8.42 Å². The van der Waals surface area contributed by atoms with E-state index < -0.39 is 9.84 Å². The van der Waals surface area contributed by atoms with Gasteiger partial charge in [-0.3, -0.25) is 0 Å². The monoisotopic (exact) mass is 430 g/mol. The molecular weight excluding hydrogens is 392 g/mol. The van der Waals surface area contributed by atoms with E-state index in [1.54, 1.807) is 19.4 Å². The van der Waals surface area contributed by atoms with Crippen molar-refractivity contribution in [2.75, 3.05) is 25.4 Å². The molecule has 1 saturated heterocycles. The van der Waals surface area contributed by atoms with Crippen LogP contribution in [0.1, 0.15) is 58.4 Å². The molecule has 2 aliphatic carbocycles. The largest absolute Gasteiger partial charge is 0.311 e. The van der Waals surface area contributed by atoms with Crippen LogP contribution < -0.4 is 5.32 Å². The Balaban J connectivity index is 1.15. The van der Waals surface area contributed by atoms with Gasteiger partial charge in [-0.25, -0.2) is 8.42 Å². The molecule has 1 aliphatic heterocycles. The first-order valence-corrected chi connectivity index (χ1v) is 13.5. The number of likely N-dealkylation sites (tertiary alicyclic amines) is 1. The maximum absolute atomic E-state index is 11.9. The van der Waals surface area contributed by atoms with Crippen molar-refractivity contribution in [3.05, 3.63) is 41.5 Å². The Morgan fingerprint density at radius 1 is 1.23 bits per heavy atom. The van der Waals surface area contributed by atoms with E-state index in [9.17, 15) is 8.42 Å². The van der Waals surface area contributed by atoms with Gasteiger partial charge in [-0.15, -0.1) is 0 Å². The lowest BCUT2D eigenvalue weighted by molar-refractivity contribution is -0.0785. The molecule has 3 aliphatic rings. The average molecular weight is 431 g/mol. The Morgan fingerprint density at radius 3 is 2.57 bits per heavy atom. The molecule has 1 heterocycles. The molecule has 0 bridgehead atoms. The molecule has 5 heteroatoms. The van der Waals surface area contributed by atoms with Crippen LogP contribution in [0.25, 0.3) is 6.08 Å². The number of rotatable bonds is 10. The van der Waals surface area contributed by atoms with Crippen molar-refractivity contribution in [3.63, 3.8) is 0 Å². The van der Waals surface area contributed by atoms with Crippen LogP contribution in [0.2, 0.25) is 0 Å². The lowest BCUT2D eigenvalue weighted by Gasteiger charge is -2.59. The number of hydrogen-bond acceptors (Lipinski definition) is 4. The topological polar surface area (TPSA) is 49.4 Å². The number of nitrogens with zero attached hydrogens (tertiary/aromatic N) is 1. The molecule has 0 radical (unpaired) electrons. The van der Waals surface area contributed by atoms with E-state index in [0.29, 0.717) is 29.2 Å². The molecule has 0 aromatic heterocycles. The van der Waals surface area contributed by atoms with Crippen LogP contribution in [0.15, 0.2) is 35.9 Å². The summed E-state index contributed by atoms with van der Waals surface area (Å²) in [5.41, 5.74) is 3.42. The van der Waals surface area contributed by atoms with E-state index in [2.05, 4.69) is 53.5 Å². The van der Waals surface area contributed by atoms with Gasteiger partial charge >= 0.3 is 0 Å². The van der Waals surface area contributed by atoms with Crippen molar-refractivity contribution in [2.24, 2.45) is 11.3 Å². The lowest BCUT2D eigenvalue weighted by atomic mass is 9.60. The van der Waals surface area contributed by atoms with E-state index in [-0.39, 0.29) is 5.25 Å². The van der Waals surface area contributed by atoms with Crippen LogP contribution >= 0.6 is 0 Å². The molecule has 1 spiro atoms. The summed E-state index contributed by atoms with van der Waals surface area (Å²) in [4.78, 5) is 2.45. The highest BCUT2D eigenvalue weighted by Gasteiger charge is 2.53. The van der Waals surface area contributed by atoms with Crippen molar-refractivity contribution in [1.82, 2.24) is 10.2 Å². The fraction of sp³-hybridized carbons (Fsp3) is 0.680. The Morgan fingerprint density at radius 2 is 1.93 bits per heavy atom. The first-order valence-electron chi connectivity index (χ1n) is 11.8. The molecule has 0 amide bonds. The van der Waals surface area contributed by atoms with E-state index in [0.717, 1.165) is 32.5 Å². The second-order valence-electron chi connectivity index (χ2n) is 10.2. The SMILES string of the molecule is CC/C(=C\c1ccccc1)[C@@H]1C[C@H]1NC1CC2(C1)CN(CCCS(=O)(=O)C(C)C)C2. The van der Waals surface area contributed by atoms with Crippen LogP contribution in [0, 0.1) is 11.3 Å². The van der Waals surface area contributed by atoms with Crippen LogP contribution in [-0.4, -0.2) is 56.0 Å². The minimum absolute atomic E-state index is 0.249. The highest BCUT2D eigenvalue weighted by atomic mass is 32.2. The zero-order valence-corrected chi connectivity index (χ0v) is 19.6. The molecule has 0 unspecified atom stereocenters. The predicted octanol–water partition coefficient (Wildman–Crippen LogP) is 4.14. The third-order valence-electron chi connectivity index (χ3n) is 7.37. The minimum Gasteiger partial charge on any atom is -0.311 e. The van der Waals surface area contributed by atoms with E-state index in [4.69, 9.17) is 0 Å². The zero-order chi connectivity index (χ0) is 21.4. The lowest BCUT2D eigenvalue weighted by Crippen LogP contribution is -2.66. The maximum atomic E-state index is 11.9. The molecule has 4 rings (SSSR count). The zero-order valence-electron chi connectivity index (χ0n) is 18.8. The maximum Gasteiger partial charge on any atom is 0.152 e. The molecule has 2 saturated carbocycles. The Hall–Kier alpha value is -1.17. The molecule has 166 valence electrons. The van der Waals surface area contributed by atoms with Gasteiger partial charge in [0.05, 0.1) is 11.0 Å². The molecule has 1 aromatic rings. The second-order valence-corrected chi connectivity index (χ2v) is 12.9. The fourth-order valence-electron chi connectivity index (χ4n) is 5.47. The quantitative estimate of drug-likeness (QED) is 0.606. The Kier molecular flexibility index (Phi) is 6.43. The normalized spacial score (nSPS) is 26.6. The molecule has 1 N–H and O–H groups in total. The van der Waals surface area contributed by atoms with Gasteiger partial charge in [0.1, 0.15) is 0 Å². The number of hydrogen-bond donors (Lipinski definition) is 1. The second kappa shape index (κ2) is 8.76. The minimum atomic E-state index is -2.89. The van der Waals surface area contributed by atoms with Gasteiger partial charge in [-0.1, -0.05) is 48.9 Å². The summed E-state index contributed by atoms with van der Waals surface area (Å²) >= 11 is 0. The molecular formula is C25H38N2O2S. The van der Waals surface area contributed by atoms with Gasteiger partial charge in [-0.2, -0.15) is 0 Å². The number of benzene rings is 1. The van der Waals surface area contributed by atoms with Crippen LogP contribution in [-0.2, 0) is 9.84 Å². The number of nitrogens with one attached hydrogen (secondary N) is 1. The van der Waals surface area contributed by atoms with Crippen molar-refractivity contribution in [2.45, 2.75) is 70.2 Å². The van der Waals surface area contributed by atoms with Crippen molar-refractivity contribution in [3.8, 4) is 0 Å². The number of sulfone groups is 1. The van der Waals surface area contributed by atoms with Gasteiger partial charge in [0, 0.05) is 25.2 Å². The summed E-state index contributed by atoms with van der Waals surface area (Å²) in [6.45, 7) is 9.09. The van der Waals surface area contributed by atoms with Crippen molar-refractivity contribution in [1.29, 1.82) is 0 Å². The summed E-state index contributed by atoms with van der Waals surface area (Å²) < 4.78 is 23.9. The Bertz CT molecular complexity index is 848. The molecule has 4 nitrogen and oxygen atoms in total. The van der Waals surface area contributed by atoms with Gasteiger partial charge in [0.2, 0.25) is 0 Å². The van der Waals surface area contributed by atoms with E-state index >= 15 is 0 Å². The third-order valence-corrected chi connectivity index (χ3v) is 9.67. The summed E-state index contributed by atoms with van der Waals surface area (Å²) in [5.74, 6) is 1.05. The standard InChI is InChI=1S/C25H38N2O2S/c1-4-21(13-20-9-6-5-7-10-20)23-14-24(23)26-22-15-25(16-22)17-27(18-25)11-8-12-30(28,29)19(2)3/h5-7,9-10,13,19,22-24,26H,4,8,11-12,14-18H2,1-3H3/b21-13+/t23-,24+/m0/s1. The summed E-state index contributed by atoms with van der Waals surface area (Å²) in [5, 5.41) is 3.67. The molecule has 30 heavy (non-hydrogen) atoms. The first kappa shape index (κ1) is 22.0. The summed E-state index contributed by atoms with van der Waals surface area (Å²) in [7, 11) is -2.89. The predicted molar refractivity (Wildman–Crippen MR) is 125 cm³/mol. The smallest absolute Gasteiger partial charge is 0.152 e. The molecule has 1 aromatic carbocycles. The van der Waals surface area contributed by atoms with E-state index in [1.807, 2.05) is 0 Å². The third kappa shape index (κ3) is 5.00. The summed E-state index contributed by atoms with van der Waals surface area (Å²) in [6, 6.07) is 12.0. The highest BCUT2D eigenvalue weighted by molar-refractivity contribution is 7.91. The van der Waals surface area contributed by atoms with Crippen LogP contribution in [0.4, 0.5) is 0 Å². The van der Waals surface area contributed by atoms with Gasteiger partial charge in [-0.05, 0) is 69.4 Å². The van der Waals surface area contributed by atoms with Crippen LogP contribution in [0.3, 0.4) is 0 Å². The fourth-order valence-corrected chi connectivity index (χ4v) is 6.48. The highest BCUT2D eigenvalue weighted by Crippen LogP contribution is 2.50. The first-order chi connectivity index (χ1) is 14.3. The summed E-state index contributed by atoms with van der Waals surface area (Å²) in [6.07, 6.45) is 8.16. The molecule has 3 fully saturated rings. The Labute approximate surface area is 183 Å². The van der Waals surface area contributed by atoms with Gasteiger partial charge < -0.3 is 10.2 Å². The van der Waals surface area contributed by atoms with Crippen molar-refractivity contribution >= 4 is 15.9 Å². The van der Waals surface area contributed by atoms with Gasteiger partial charge in [0.25, 0.3) is 0 Å². The van der Waals surface area contributed by atoms with Crippen LogP contribution in [0.5, 0.6) is 0 Å². The van der Waals surface area contributed by atoms with Gasteiger partial charge in [0.15, 0.2) is 9.84 Å². The van der Waals surface area contributed by atoms with E-state index in [1.165, 1.54) is 24.8 Å². The molecule has 2 atom stereocenters. The average Bonchev–Trinajstić information content (AvgIpc) is 3.42.